The van der Waals surface area contributed by atoms with Gasteiger partial charge in [0.2, 0.25) is 11.8 Å². The summed E-state index contributed by atoms with van der Waals surface area (Å²) in [7, 11) is 0. The number of carbonyl (C=O) groups excluding carboxylic acids is 4. The van der Waals surface area contributed by atoms with E-state index < -0.39 is 46.9 Å². The Kier molecular flexibility index (Phi) is 11.3. The average Bonchev–Trinajstić information content (AvgIpc) is 3.69. The van der Waals surface area contributed by atoms with Crippen LogP contribution in [0.1, 0.15) is 64.6 Å². The number of carbonyl (C=O) groups is 4. The van der Waals surface area contributed by atoms with Crippen LogP contribution in [-0.4, -0.2) is 75.1 Å². The molecule has 13 heteroatoms. The maximum absolute atomic E-state index is 14.2. The summed E-state index contributed by atoms with van der Waals surface area (Å²) in [6.07, 6.45) is 3.86. The summed E-state index contributed by atoms with van der Waals surface area (Å²) < 4.78 is 26.8. The Morgan fingerprint density at radius 1 is 0.979 bits per heavy atom. The fraction of sp³-hybridized carbons (Fsp3) is 0.441. The van der Waals surface area contributed by atoms with E-state index in [4.69, 9.17) is 9.47 Å². The summed E-state index contributed by atoms with van der Waals surface area (Å²) >= 11 is 0. The van der Waals surface area contributed by atoms with E-state index in [0.29, 0.717) is 18.7 Å². The summed E-state index contributed by atoms with van der Waals surface area (Å²) in [6.45, 7) is 9.27. The molecule has 47 heavy (non-hydrogen) atoms. The number of anilines is 1. The highest BCUT2D eigenvalue weighted by Crippen LogP contribution is 2.25. The number of amides is 4. The minimum Gasteiger partial charge on any atom is -0.444 e. The van der Waals surface area contributed by atoms with Gasteiger partial charge in [-0.1, -0.05) is 42.5 Å². The van der Waals surface area contributed by atoms with Crippen molar-refractivity contribution in [3.63, 3.8) is 0 Å². The molecule has 2 heterocycles. The highest BCUT2D eigenvalue weighted by Gasteiger charge is 2.35. The fourth-order valence-corrected chi connectivity index (χ4v) is 4.99. The summed E-state index contributed by atoms with van der Waals surface area (Å²) in [4.78, 5) is 58.9. The Morgan fingerprint density at radius 3 is 2.34 bits per heavy atom. The molecule has 12 nitrogen and oxygen atoms in total. The number of nitrogens with zero attached hydrogens (tertiary/aromatic N) is 3. The molecule has 0 radical (unpaired) electrons. The monoisotopic (exact) mass is 650 g/mol. The van der Waals surface area contributed by atoms with Crippen molar-refractivity contribution in [2.24, 2.45) is 0 Å². The van der Waals surface area contributed by atoms with Crippen molar-refractivity contribution >= 4 is 29.6 Å². The van der Waals surface area contributed by atoms with Crippen molar-refractivity contribution in [2.45, 2.75) is 77.3 Å². The molecule has 0 aliphatic carbocycles. The van der Waals surface area contributed by atoms with Crippen LogP contribution in [0.25, 0.3) is 0 Å². The van der Waals surface area contributed by atoms with Gasteiger partial charge in [-0.2, -0.15) is 0 Å². The quantitative estimate of drug-likeness (QED) is 0.267. The molecule has 1 aliphatic heterocycles. The second kappa shape index (κ2) is 15.2. The van der Waals surface area contributed by atoms with Gasteiger partial charge >= 0.3 is 6.09 Å². The molecule has 4 rings (SSSR count). The number of hydrogen-bond acceptors (Lipinski definition) is 7. The molecule has 1 saturated heterocycles. The van der Waals surface area contributed by atoms with Crippen LogP contribution in [0.15, 0.2) is 67.1 Å². The van der Waals surface area contributed by atoms with Gasteiger partial charge in [0, 0.05) is 19.3 Å². The van der Waals surface area contributed by atoms with E-state index in [0.717, 1.165) is 18.4 Å². The van der Waals surface area contributed by atoms with E-state index in [1.807, 2.05) is 30.3 Å². The number of imidazole rings is 1. The SMILES string of the molecule is CC(C)(C)OC(=O)NC(C)(C)C(=O)NC(COCc1ccccc1)C(=O)Nc1cn(C(C(=O)N2CCCC2)c2cccc(F)c2)cn1. The maximum Gasteiger partial charge on any atom is 0.408 e. The number of nitrogens with one attached hydrogen (secondary N) is 3. The number of alkyl carbamates (subject to hydrolysis) is 1. The van der Waals surface area contributed by atoms with Gasteiger partial charge in [-0.15, -0.1) is 0 Å². The molecule has 1 fully saturated rings. The van der Waals surface area contributed by atoms with Crippen LogP contribution in [0.3, 0.4) is 0 Å². The van der Waals surface area contributed by atoms with Gasteiger partial charge in [-0.25, -0.2) is 14.2 Å². The second-order valence-electron chi connectivity index (χ2n) is 13.0. The smallest absolute Gasteiger partial charge is 0.408 e. The Hall–Kier alpha value is -4.78. The predicted octanol–water partition coefficient (Wildman–Crippen LogP) is 4.18. The molecule has 252 valence electrons. The van der Waals surface area contributed by atoms with Crippen LogP contribution in [0.4, 0.5) is 15.0 Å². The number of halogens is 1. The second-order valence-corrected chi connectivity index (χ2v) is 13.0. The van der Waals surface area contributed by atoms with Crippen molar-refractivity contribution in [3.05, 3.63) is 84.1 Å². The van der Waals surface area contributed by atoms with Crippen LogP contribution >= 0.6 is 0 Å². The minimum absolute atomic E-state index is 0.110. The number of rotatable bonds is 12. The molecular weight excluding hydrogens is 607 g/mol. The topological polar surface area (TPSA) is 144 Å². The molecule has 2 aromatic carbocycles. The normalized spacial score (nSPS) is 14.6. The van der Waals surface area contributed by atoms with Gasteiger partial charge in [0.05, 0.1) is 19.5 Å². The van der Waals surface area contributed by atoms with Crippen molar-refractivity contribution in [2.75, 3.05) is 25.0 Å². The van der Waals surface area contributed by atoms with E-state index in [-0.39, 0.29) is 24.9 Å². The van der Waals surface area contributed by atoms with Crippen molar-refractivity contribution in [3.8, 4) is 0 Å². The van der Waals surface area contributed by atoms with Gasteiger partial charge in [-0.05, 0) is 70.7 Å². The van der Waals surface area contributed by atoms with Crippen molar-refractivity contribution < 1.29 is 33.0 Å². The largest absolute Gasteiger partial charge is 0.444 e. The van der Waals surface area contributed by atoms with Crippen LogP contribution < -0.4 is 16.0 Å². The zero-order valence-corrected chi connectivity index (χ0v) is 27.4. The Labute approximate surface area is 274 Å². The van der Waals surface area contributed by atoms with E-state index in [9.17, 15) is 23.6 Å². The van der Waals surface area contributed by atoms with Crippen LogP contribution in [-0.2, 0) is 30.5 Å². The third-order valence-electron chi connectivity index (χ3n) is 7.37. The number of benzene rings is 2. The molecule has 0 spiro atoms. The highest BCUT2D eigenvalue weighted by atomic mass is 19.1. The molecular formula is C34H43FN6O6. The minimum atomic E-state index is -1.45. The Morgan fingerprint density at radius 2 is 1.68 bits per heavy atom. The lowest BCUT2D eigenvalue weighted by Crippen LogP contribution is -2.59. The lowest BCUT2D eigenvalue weighted by atomic mass is 10.0. The molecule has 1 aromatic heterocycles. The first kappa shape index (κ1) is 35.1. The van der Waals surface area contributed by atoms with Crippen LogP contribution in [0.2, 0.25) is 0 Å². The summed E-state index contributed by atoms with van der Waals surface area (Å²) in [5, 5.41) is 7.89. The maximum atomic E-state index is 14.2. The molecule has 2 atom stereocenters. The van der Waals surface area contributed by atoms with Gasteiger partial charge in [0.15, 0.2) is 5.82 Å². The van der Waals surface area contributed by atoms with E-state index in [1.54, 1.807) is 31.7 Å². The first-order valence-corrected chi connectivity index (χ1v) is 15.5. The van der Waals surface area contributed by atoms with Gasteiger partial charge in [0.25, 0.3) is 5.91 Å². The fourth-order valence-electron chi connectivity index (χ4n) is 4.99. The van der Waals surface area contributed by atoms with Gasteiger partial charge in [0.1, 0.15) is 29.0 Å². The Balaban J connectivity index is 1.51. The lowest BCUT2D eigenvalue weighted by Gasteiger charge is -2.29. The van der Waals surface area contributed by atoms with Gasteiger partial charge < -0.3 is 34.9 Å². The molecule has 4 amide bonds. The standard InChI is InChI=1S/C34H43FN6O6/c1-33(2,3)47-32(45)39-34(4,5)31(44)37-26(21-46-20-23-12-7-6-8-13-23)29(42)38-27-19-41(22-36-27)28(24-14-11-15-25(35)18-24)30(43)40-16-9-10-17-40/h6-8,11-15,18-19,22,26,28H,9-10,16-17,20-21H2,1-5H3,(H,37,44)(H,38,42)(H,39,45). The first-order valence-electron chi connectivity index (χ1n) is 15.5. The van der Waals surface area contributed by atoms with E-state index in [2.05, 4.69) is 20.9 Å². The third-order valence-corrected chi connectivity index (χ3v) is 7.37. The van der Waals surface area contributed by atoms with Gasteiger partial charge in [-0.3, -0.25) is 14.4 Å². The summed E-state index contributed by atoms with van der Waals surface area (Å²) in [5.74, 6) is -1.87. The zero-order valence-electron chi connectivity index (χ0n) is 27.4. The van der Waals surface area contributed by atoms with Crippen molar-refractivity contribution in [1.82, 2.24) is 25.1 Å². The van der Waals surface area contributed by atoms with Crippen LogP contribution in [0.5, 0.6) is 0 Å². The number of hydrogen-bond donors (Lipinski definition) is 3. The molecule has 1 aliphatic rings. The first-order chi connectivity index (χ1) is 22.2. The number of aromatic nitrogens is 2. The molecule has 3 N–H and O–H groups in total. The summed E-state index contributed by atoms with van der Waals surface area (Å²) in [6, 6.07) is 13.1. The lowest BCUT2D eigenvalue weighted by molar-refractivity contribution is -0.132. The molecule has 3 aromatic rings. The molecule has 0 bridgehead atoms. The highest BCUT2D eigenvalue weighted by molar-refractivity contribution is 5.98. The number of ether oxygens (including phenoxy) is 2. The van der Waals surface area contributed by atoms with E-state index >= 15 is 0 Å². The zero-order chi connectivity index (χ0) is 34.2. The molecule has 2 unspecified atom stereocenters. The Bertz CT molecular complexity index is 1550. The van der Waals surface area contributed by atoms with Crippen molar-refractivity contribution in [1.29, 1.82) is 0 Å². The van der Waals surface area contributed by atoms with Crippen LogP contribution in [0, 0.1) is 5.82 Å². The molecule has 0 saturated carbocycles. The predicted molar refractivity (Wildman–Crippen MR) is 173 cm³/mol. The average molecular weight is 651 g/mol. The third kappa shape index (κ3) is 10.1. The van der Waals surface area contributed by atoms with E-state index in [1.165, 1.54) is 49.1 Å². The number of likely N-dealkylation sites (tertiary alicyclic amines) is 1. The summed E-state index contributed by atoms with van der Waals surface area (Å²) in [5.41, 5.74) is -0.915.